The number of amides is 1. The molecule has 1 aromatic rings. The van der Waals surface area contributed by atoms with Crippen LogP contribution in [0.15, 0.2) is 24.3 Å². The van der Waals surface area contributed by atoms with Gasteiger partial charge in [0.25, 0.3) is 0 Å². The van der Waals surface area contributed by atoms with Crippen molar-refractivity contribution in [1.29, 1.82) is 0 Å². The van der Waals surface area contributed by atoms with E-state index in [2.05, 4.69) is 41.4 Å². The van der Waals surface area contributed by atoms with Crippen LogP contribution in [0.25, 0.3) is 0 Å². The topological polar surface area (TPSA) is 69.7 Å². The van der Waals surface area contributed by atoms with Gasteiger partial charge in [-0.15, -0.1) is 0 Å². The second-order valence-corrected chi connectivity index (χ2v) is 10.4. The van der Waals surface area contributed by atoms with Crippen molar-refractivity contribution in [2.45, 2.75) is 45.6 Å². The number of carbonyl (C=O) groups excluding carboxylic acids is 1. The van der Waals surface area contributed by atoms with Crippen LogP contribution in [0.2, 0.25) is 0 Å². The number of hydrogen-bond donors (Lipinski definition) is 1. The third kappa shape index (κ3) is 5.26. The summed E-state index contributed by atoms with van der Waals surface area (Å²) in [5.41, 5.74) is 2.31. The molecule has 0 aromatic heterocycles. The van der Waals surface area contributed by atoms with Crippen LogP contribution in [-0.2, 0) is 14.8 Å². The third-order valence-corrected chi connectivity index (χ3v) is 7.39. The molecule has 1 amide bonds. The Kier molecular flexibility index (Phi) is 6.65. The minimum atomic E-state index is -3.24. The van der Waals surface area contributed by atoms with Crippen molar-refractivity contribution in [3.8, 4) is 0 Å². The van der Waals surface area contributed by atoms with Gasteiger partial charge in [0, 0.05) is 31.9 Å². The molecule has 6 nitrogen and oxygen atoms in total. The summed E-state index contributed by atoms with van der Waals surface area (Å²) < 4.78 is 25.0. The molecule has 0 spiro atoms. The Balaban J connectivity index is 1.56. The number of sulfonamides is 1. The number of carbonyl (C=O) groups is 1. The fraction of sp³-hybridized carbons (Fsp3) is 0.667. The van der Waals surface area contributed by atoms with Crippen molar-refractivity contribution in [3.05, 3.63) is 29.8 Å². The van der Waals surface area contributed by atoms with E-state index in [1.165, 1.54) is 29.1 Å². The van der Waals surface area contributed by atoms with E-state index in [1.807, 2.05) is 6.92 Å². The van der Waals surface area contributed by atoms with Gasteiger partial charge in [0.15, 0.2) is 0 Å². The summed E-state index contributed by atoms with van der Waals surface area (Å²) in [6.45, 7) is 7.29. The monoisotopic (exact) mass is 407 g/mol. The zero-order valence-corrected chi connectivity index (χ0v) is 18.0. The van der Waals surface area contributed by atoms with E-state index >= 15 is 0 Å². The Hall–Kier alpha value is -1.60. The lowest BCUT2D eigenvalue weighted by Gasteiger charge is -2.32. The van der Waals surface area contributed by atoms with E-state index in [0.29, 0.717) is 6.54 Å². The van der Waals surface area contributed by atoms with Crippen LogP contribution in [0.1, 0.15) is 51.1 Å². The summed E-state index contributed by atoms with van der Waals surface area (Å²) in [6.07, 6.45) is 5.14. The number of rotatable bonds is 5. The predicted octanol–water partition coefficient (Wildman–Crippen LogP) is 2.77. The predicted molar refractivity (Wildman–Crippen MR) is 113 cm³/mol. The van der Waals surface area contributed by atoms with Gasteiger partial charge in [0.2, 0.25) is 15.9 Å². The van der Waals surface area contributed by atoms with Gasteiger partial charge < -0.3 is 10.2 Å². The van der Waals surface area contributed by atoms with Crippen molar-refractivity contribution in [2.75, 3.05) is 37.3 Å². The lowest BCUT2D eigenvalue weighted by molar-refractivity contribution is -0.126. The summed E-state index contributed by atoms with van der Waals surface area (Å²) >= 11 is 0. The Bertz CT molecular complexity index is 771. The van der Waals surface area contributed by atoms with Gasteiger partial charge in [-0.25, -0.2) is 12.7 Å². The van der Waals surface area contributed by atoms with Crippen LogP contribution in [0.3, 0.4) is 0 Å². The van der Waals surface area contributed by atoms with Crippen LogP contribution in [0.5, 0.6) is 0 Å². The van der Waals surface area contributed by atoms with Crippen molar-refractivity contribution in [2.24, 2.45) is 11.8 Å². The highest BCUT2D eigenvalue weighted by atomic mass is 32.2. The highest BCUT2D eigenvalue weighted by Gasteiger charge is 2.30. The van der Waals surface area contributed by atoms with E-state index in [-0.39, 0.29) is 24.4 Å². The van der Waals surface area contributed by atoms with Gasteiger partial charge in [0.05, 0.1) is 18.2 Å². The van der Waals surface area contributed by atoms with Gasteiger partial charge >= 0.3 is 0 Å². The number of anilines is 1. The third-order valence-electron chi connectivity index (χ3n) is 6.12. The summed E-state index contributed by atoms with van der Waals surface area (Å²) in [5.74, 6) is 0.472. The molecule has 0 aliphatic carbocycles. The second-order valence-electron chi connectivity index (χ2n) is 8.45. The largest absolute Gasteiger partial charge is 0.372 e. The van der Waals surface area contributed by atoms with Crippen molar-refractivity contribution in [1.82, 2.24) is 9.62 Å². The average molecular weight is 408 g/mol. The van der Waals surface area contributed by atoms with E-state index in [4.69, 9.17) is 0 Å². The smallest absolute Gasteiger partial charge is 0.224 e. The molecule has 7 heteroatoms. The lowest BCUT2D eigenvalue weighted by Crippen LogP contribution is -2.45. The fourth-order valence-corrected chi connectivity index (χ4v) is 5.02. The Labute approximate surface area is 169 Å². The van der Waals surface area contributed by atoms with Gasteiger partial charge in [-0.3, -0.25) is 4.79 Å². The number of nitrogens with one attached hydrogen (secondary N) is 1. The van der Waals surface area contributed by atoms with Gasteiger partial charge in [-0.2, -0.15) is 0 Å². The molecule has 2 aliphatic rings. The Morgan fingerprint density at radius 1 is 1.11 bits per heavy atom. The first-order valence-electron chi connectivity index (χ1n) is 10.3. The molecule has 1 aromatic carbocycles. The molecule has 2 saturated heterocycles. The van der Waals surface area contributed by atoms with Crippen LogP contribution in [0.4, 0.5) is 5.69 Å². The molecule has 0 bridgehead atoms. The Morgan fingerprint density at radius 3 is 2.36 bits per heavy atom. The van der Waals surface area contributed by atoms with Crippen molar-refractivity contribution in [3.63, 3.8) is 0 Å². The summed E-state index contributed by atoms with van der Waals surface area (Å²) in [5, 5.41) is 3.07. The lowest BCUT2D eigenvalue weighted by atomic mass is 9.97. The minimum Gasteiger partial charge on any atom is -0.372 e. The zero-order chi connectivity index (χ0) is 20.3. The van der Waals surface area contributed by atoms with Crippen molar-refractivity contribution >= 4 is 21.6 Å². The Morgan fingerprint density at radius 2 is 1.75 bits per heavy atom. The number of benzene rings is 1. The molecule has 2 aliphatic heterocycles. The molecule has 156 valence electrons. The molecule has 1 N–H and O–H groups in total. The van der Waals surface area contributed by atoms with Crippen LogP contribution < -0.4 is 10.2 Å². The summed E-state index contributed by atoms with van der Waals surface area (Å²) in [7, 11) is -3.24. The maximum Gasteiger partial charge on any atom is 0.224 e. The van der Waals surface area contributed by atoms with E-state index in [0.717, 1.165) is 37.4 Å². The first kappa shape index (κ1) is 21.1. The maximum absolute atomic E-state index is 12.7. The van der Waals surface area contributed by atoms with Crippen molar-refractivity contribution < 1.29 is 13.2 Å². The van der Waals surface area contributed by atoms with Crippen LogP contribution in [-0.4, -0.2) is 51.1 Å². The summed E-state index contributed by atoms with van der Waals surface area (Å²) in [6, 6.07) is 8.35. The number of nitrogens with zero attached hydrogens (tertiary/aromatic N) is 2. The SMILES string of the molecule is CC1CCN(c2ccc([C@H](C)NC(=O)[C@@H]3CCCN(S(C)(=O)=O)C3)cc2)CC1. The fourth-order valence-electron chi connectivity index (χ4n) is 4.11. The molecule has 0 unspecified atom stereocenters. The quantitative estimate of drug-likeness (QED) is 0.815. The summed E-state index contributed by atoms with van der Waals surface area (Å²) in [4.78, 5) is 15.1. The van der Waals surface area contributed by atoms with Gasteiger partial charge in [0.1, 0.15) is 0 Å². The molecule has 0 saturated carbocycles. The molecule has 2 fully saturated rings. The van der Waals surface area contributed by atoms with Crippen LogP contribution >= 0.6 is 0 Å². The van der Waals surface area contributed by atoms with Gasteiger partial charge in [-0.1, -0.05) is 19.1 Å². The van der Waals surface area contributed by atoms with Crippen LogP contribution in [0, 0.1) is 11.8 Å². The second kappa shape index (κ2) is 8.82. The number of piperidine rings is 2. The molecule has 2 atom stereocenters. The maximum atomic E-state index is 12.7. The van der Waals surface area contributed by atoms with Gasteiger partial charge in [-0.05, 0) is 56.2 Å². The van der Waals surface area contributed by atoms with E-state index in [9.17, 15) is 13.2 Å². The first-order chi connectivity index (χ1) is 13.2. The molecular formula is C21H33N3O3S. The minimum absolute atomic E-state index is 0.0602. The zero-order valence-electron chi connectivity index (χ0n) is 17.2. The highest BCUT2D eigenvalue weighted by Crippen LogP contribution is 2.25. The normalized spacial score (nSPS) is 23.4. The molecule has 0 radical (unpaired) electrons. The highest BCUT2D eigenvalue weighted by molar-refractivity contribution is 7.88. The van der Waals surface area contributed by atoms with E-state index in [1.54, 1.807) is 0 Å². The number of hydrogen-bond acceptors (Lipinski definition) is 4. The molecule has 3 rings (SSSR count). The standard InChI is InChI=1S/C21H33N3O3S/c1-16-10-13-23(14-11-16)20-8-6-18(7-9-20)17(2)22-21(25)19-5-4-12-24(15-19)28(3,26)27/h6-9,16-17,19H,4-5,10-15H2,1-3H3,(H,22,25)/t17-,19+/m0/s1. The molecule has 2 heterocycles. The van der Waals surface area contributed by atoms with E-state index < -0.39 is 10.0 Å². The average Bonchev–Trinajstić information content (AvgIpc) is 2.68. The molecule has 28 heavy (non-hydrogen) atoms. The first-order valence-corrected chi connectivity index (χ1v) is 12.2. The molecular weight excluding hydrogens is 374 g/mol.